The van der Waals surface area contributed by atoms with Gasteiger partial charge in [0.1, 0.15) is 0 Å². The van der Waals surface area contributed by atoms with Crippen LogP contribution in [0.25, 0.3) is 0 Å². The maximum Gasteiger partial charge on any atom is 0.220 e. The Labute approximate surface area is 148 Å². The zero-order valence-electron chi connectivity index (χ0n) is 14.0. The SMILES string of the molecule is CCCCN1CCC(NC(=O)CCCCCCN)CC1.Cl.Cl. The standard InChI is InChI=1S/C16H33N3O.2ClH/c1-2-3-12-19-13-9-15(10-14-19)18-16(20)8-6-4-5-7-11-17;;/h15H,2-14,17H2,1H3,(H,18,20);2*1H. The number of halogens is 2. The molecule has 1 saturated heterocycles. The molecule has 4 nitrogen and oxygen atoms in total. The molecule has 0 atom stereocenters. The molecule has 0 saturated carbocycles. The highest BCUT2D eigenvalue weighted by atomic mass is 35.5. The van der Waals surface area contributed by atoms with Crippen molar-refractivity contribution < 1.29 is 4.79 Å². The molecule has 22 heavy (non-hydrogen) atoms. The normalized spacial score (nSPS) is 15.7. The molecule has 1 fully saturated rings. The van der Waals surface area contributed by atoms with Gasteiger partial charge in [-0.15, -0.1) is 24.8 Å². The number of amides is 1. The zero-order valence-corrected chi connectivity index (χ0v) is 15.7. The molecule has 0 bridgehead atoms. The molecule has 1 aliphatic heterocycles. The molecule has 134 valence electrons. The van der Waals surface area contributed by atoms with Gasteiger partial charge in [-0.05, 0) is 45.2 Å². The topological polar surface area (TPSA) is 58.4 Å². The summed E-state index contributed by atoms with van der Waals surface area (Å²) in [5.41, 5.74) is 5.45. The van der Waals surface area contributed by atoms with Gasteiger partial charge in [-0.1, -0.05) is 26.2 Å². The first-order chi connectivity index (χ1) is 9.76. The van der Waals surface area contributed by atoms with E-state index in [9.17, 15) is 4.79 Å². The van der Waals surface area contributed by atoms with E-state index in [0.29, 0.717) is 12.5 Å². The Hall–Kier alpha value is -0.0300. The second-order valence-electron chi connectivity index (χ2n) is 5.99. The smallest absolute Gasteiger partial charge is 0.220 e. The number of rotatable bonds is 10. The third kappa shape index (κ3) is 11.5. The average Bonchev–Trinajstić information content (AvgIpc) is 2.46. The van der Waals surface area contributed by atoms with Crippen molar-refractivity contribution in [2.24, 2.45) is 5.73 Å². The summed E-state index contributed by atoms with van der Waals surface area (Å²) in [7, 11) is 0. The quantitative estimate of drug-likeness (QED) is 0.592. The summed E-state index contributed by atoms with van der Waals surface area (Å²) >= 11 is 0. The minimum Gasteiger partial charge on any atom is -0.353 e. The molecule has 0 radical (unpaired) electrons. The summed E-state index contributed by atoms with van der Waals surface area (Å²) in [6, 6.07) is 0.407. The van der Waals surface area contributed by atoms with Gasteiger partial charge in [-0.2, -0.15) is 0 Å². The summed E-state index contributed by atoms with van der Waals surface area (Å²) in [5, 5.41) is 3.20. The number of carbonyl (C=O) groups excluding carboxylic acids is 1. The number of nitrogens with two attached hydrogens (primary N) is 1. The molecule has 1 aliphatic rings. The van der Waals surface area contributed by atoms with Crippen LogP contribution in [0, 0.1) is 0 Å². The number of unbranched alkanes of at least 4 members (excludes halogenated alkanes) is 4. The fourth-order valence-corrected chi connectivity index (χ4v) is 2.77. The fourth-order valence-electron chi connectivity index (χ4n) is 2.77. The largest absolute Gasteiger partial charge is 0.353 e. The van der Waals surface area contributed by atoms with Crippen LogP contribution in [0.5, 0.6) is 0 Å². The van der Waals surface area contributed by atoms with Crippen molar-refractivity contribution >= 4 is 30.7 Å². The van der Waals surface area contributed by atoms with E-state index in [-0.39, 0.29) is 30.7 Å². The van der Waals surface area contributed by atoms with E-state index in [2.05, 4.69) is 17.1 Å². The Morgan fingerprint density at radius 3 is 2.32 bits per heavy atom. The molecule has 0 spiro atoms. The van der Waals surface area contributed by atoms with E-state index in [4.69, 9.17) is 5.73 Å². The molecular weight excluding hydrogens is 321 g/mol. The predicted octanol–water partition coefficient (Wildman–Crippen LogP) is 3.12. The summed E-state index contributed by atoms with van der Waals surface area (Å²) in [6.45, 7) is 6.50. The molecule has 1 heterocycles. The lowest BCUT2D eigenvalue weighted by Gasteiger charge is -2.32. The lowest BCUT2D eigenvalue weighted by Crippen LogP contribution is -2.44. The lowest BCUT2D eigenvalue weighted by atomic mass is 10.0. The number of hydrogen-bond acceptors (Lipinski definition) is 3. The average molecular weight is 356 g/mol. The van der Waals surface area contributed by atoms with Gasteiger partial charge in [-0.3, -0.25) is 4.79 Å². The van der Waals surface area contributed by atoms with Crippen LogP contribution < -0.4 is 11.1 Å². The Morgan fingerprint density at radius 2 is 1.73 bits per heavy atom. The van der Waals surface area contributed by atoms with Crippen LogP contribution in [0.15, 0.2) is 0 Å². The monoisotopic (exact) mass is 355 g/mol. The van der Waals surface area contributed by atoms with E-state index < -0.39 is 0 Å². The van der Waals surface area contributed by atoms with Crippen molar-refractivity contribution in [3.63, 3.8) is 0 Å². The predicted molar refractivity (Wildman–Crippen MR) is 99.1 cm³/mol. The minimum absolute atomic E-state index is 0. The molecule has 6 heteroatoms. The minimum atomic E-state index is 0. The molecule has 0 aromatic rings. The number of nitrogens with one attached hydrogen (secondary N) is 1. The van der Waals surface area contributed by atoms with E-state index in [0.717, 1.165) is 58.2 Å². The molecular formula is C16H35Cl2N3O. The maximum atomic E-state index is 11.8. The van der Waals surface area contributed by atoms with Crippen LogP contribution in [-0.4, -0.2) is 43.0 Å². The number of nitrogens with zero attached hydrogens (tertiary/aromatic N) is 1. The van der Waals surface area contributed by atoms with Crippen LogP contribution in [0.1, 0.15) is 64.7 Å². The lowest BCUT2D eigenvalue weighted by molar-refractivity contribution is -0.122. The highest BCUT2D eigenvalue weighted by Gasteiger charge is 2.19. The number of likely N-dealkylation sites (tertiary alicyclic amines) is 1. The number of hydrogen-bond donors (Lipinski definition) is 2. The summed E-state index contributed by atoms with van der Waals surface area (Å²) in [4.78, 5) is 14.4. The van der Waals surface area contributed by atoms with Gasteiger partial charge in [0.05, 0.1) is 0 Å². The van der Waals surface area contributed by atoms with E-state index in [1.807, 2.05) is 0 Å². The maximum absolute atomic E-state index is 11.8. The van der Waals surface area contributed by atoms with Gasteiger partial charge in [0.2, 0.25) is 5.91 Å². The van der Waals surface area contributed by atoms with Crippen molar-refractivity contribution in [1.82, 2.24) is 10.2 Å². The first kappa shape index (κ1) is 24.2. The van der Waals surface area contributed by atoms with Crippen molar-refractivity contribution in [3.8, 4) is 0 Å². The zero-order chi connectivity index (χ0) is 14.6. The Morgan fingerprint density at radius 1 is 1.09 bits per heavy atom. The second kappa shape index (κ2) is 15.9. The Balaban J connectivity index is 0. The van der Waals surface area contributed by atoms with Crippen molar-refractivity contribution in [2.75, 3.05) is 26.2 Å². The van der Waals surface area contributed by atoms with Crippen LogP contribution in [0.4, 0.5) is 0 Å². The third-order valence-electron chi connectivity index (χ3n) is 4.14. The molecule has 0 aromatic carbocycles. The highest BCUT2D eigenvalue weighted by Crippen LogP contribution is 2.11. The van der Waals surface area contributed by atoms with Crippen molar-refractivity contribution in [2.45, 2.75) is 70.8 Å². The van der Waals surface area contributed by atoms with Gasteiger partial charge in [0, 0.05) is 25.6 Å². The van der Waals surface area contributed by atoms with Gasteiger partial charge in [0.25, 0.3) is 0 Å². The van der Waals surface area contributed by atoms with Gasteiger partial charge >= 0.3 is 0 Å². The molecule has 0 aliphatic carbocycles. The first-order valence-corrected chi connectivity index (χ1v) is 8.48. The van der Waals surface area contributed by atoms with Gasteiger partial charge in [-0.25, -0.2) is 0 Å². The summed E-state index contributed by atoms with van der Waals surface area (Å²) < 4.78 is 0. The Kier molecular flexibility index (Phi) is 17.5. The van der Waals surface area contributed by atoms with E-state index in [1.54, 1.807) is 0 Å². The van der Waals surface area contributed by atoms with E-state index in [1.165, 1.54) is 19.4 Å². The molecule has 1 amide bonds. The first-order valence-electron chi connectivity index (χ1n) is 8.48. The molecule has 0 unspecified atom stereocenters. The summed E-state index contributed by atoms with van der Waals surface area (Å²) in [5.74, 6) is 0.241. The molecule has 0 aromatic heterocycles. The number of piperidine rings is 1. The van der Waals surface area contributed by atoms with Gasteiger partial charge < -0.3 is 16.0 Å². The van der Waals surface area contributed by atoms with Crippen LogP contribution in [0.2, 0.25) is 0 Å². The van der Waals surface area contributed by atoms with Crippen LogP contribution >= 0.6 is 24.8 Å². The van der Waals surface area contributed by atoms with E-state index >= 15 is 0 Å². The highest BCUT2D eigenvalue weighted by molar-refractivity contribution is 5.85. The van der Waals surface area contributed by atoms with Crippen LogP contribution in [0.3, 0.4) is 0 Å². The van der Waals surface area contributed by atoms with Crippen LogP contribution in [-0.2, 0) is 4.79 Å². The fraction of sp³-hybridized carbons (Fsp3) is 0.938. The number of carbonyl (C=O) groups is 1. The Bertz CT molecular complexity index is 260. The van der Waals surface area contributed by atoms with Gasteiger partial charge in [0.15, 0.2) is 0 Å². The van der Waals surface area contributed by atoms with Crippen molar-refractivity contribution in [3.05, 3.63) is 0 Å². The third-order valence-corrected chi connectivity index (χ3v) is 4.14. The van der Waals surface area contributed by atoms with Crippen molar-refractivity contribution in [1.29, 1.82) is 0 Å². The molecule has 1 rings (SSSR count). The molecule has 3 N–H and O–H groups in total. The summed E-state index contributed by atoms with van der Waals surface area (Å²) in [6.07, 6.45) is 9.82. The second-order valence-corrected chi connectivity index (χ2v) is 5.99.